The van der Waals surface area contributed by atoms with Crippen LogP contribution in [0.2, 0.25) is 0 Å². The standard InChI is InChI=1S/C9H16N2O2/c1-2-11-8(12)7-10-9(11)3-5-13-6-4-9/h10H,2-7H2,1H3. The van der Waals surface area contributed by atoms with Crippen molar-refractivity contribution in [3.63, 3.8) is 0 Å². The summed E-state index contributed by atoms with van der Waals surface area (Å²) in [6.07, 6.45) is 1.85. The van der Waals surface area contributed by atoms with E-state index in [-0.39, 0.29) is 11.6 Å². The second-order valence-corrected chi connectivity index (χ2v) is 3.64. The lowest BCUT2D eigenvalue weighted by atomic mass is 10.00. The van der Waals surface area contributed by atoms with Crippen molar-refractivity contribution >= 4 is 5.91 Å². The third-order valence-corrected chi connectivity index (χ3v) is 3.02. The van der Waals surface area contributed by atoms with E-state index in [1.807, 2.05) is 11.8 Å². The van der Waals surface area contributed by atoms with Gasteiger partial charge in [-0.2, -0.15) is 0 Å². The minimum atomic E-state index is -0.0793. The van der Waals surface area contributed by atoms with Gasteiger partial charge in [0.2, 0.25) is 5.91 Å². The summed E-state index contributed by atoms with van der Waals surface area (Å²) in [5, 5.41) is 3.32. The normalized spacial score (nSPS) is 27.2. The number of hydrogen-bond acceptors (Lipinski definition) is 3. The second kappa shape index (κ2) is 3.27. The Labute approximate surface area is 78.2 Å². The Balaban J connectivity index is 2.15. The monoisotopic (exact) mass is 184 g/mol. The summed E-state index contributed by atoms with van der Waals surface area (Å²) in [7, 11) is 0. The smallest absolute Gasteiger partial charge is 0.238 e. The number of ether oxygens (including phenoxy) is 1. The number of rotatable bonds is 1. The molecule has 1 spiro atoms. The summed E-state index contributed by atoms with van der Waals surface area (Å²) in [4.78, 5) is 13.5. The van der Waals surface area contributed by atoms with Gasteiger partial charge in [-0.05, 0) is 6.92 Å². The Morgan fingerprint density at radius 3 is 2.85 bits per heavy atom. The quantitative estimate of drug-likeness (QED) is 0.621. The van der Waals surface area contributed by atoms with E-state index in [1.165, 1.54) is 0 Å². The molecule has 1 N–H and O–H groups in total. The second-order valence-electron chi connectivity index (χ2n) is 3.64. The van der Waals surface area contributed by atoms with Crippen molar-refractivity contribution in [1.29, 1.82) is 0 Å². The van der Waals surface area contributed by atoms with Crippen molar-refractivity contribution in [3.05, 3.63) is 0 Å². The first-order chi connectivity index (χ1) is 6.28. The maximum Gasteiger partial charge on any atom is 0.238 e. The molecule has 2 saturated heterocycles. The van der Waals surface area contributed by atoms with E-state index >= 15 is 0 Å². The van der Waals surface area contributed by atoms with Crippen molar-refractivity contribution in [2.24, 2.45) is 0 Å². The molecule has 0 aliphatic carbocycles. The summed E-state index contributed by atoms with van der Waals surface area (Å²) in [6, 6.07) is 0. The summed E-state index contributed by atoms with van der Waals surface area (Å²) in [6.45, 7) is 4.84. The first-order valence-electron chi connectivity index (χ1n) is 4.92. The van der Waals surface area contributed by atoms with Crippen molar-refractivity contribution in [3.8, 4) is 0 Å². The van der Waals surface area contributed by atoms with Crippen LogP contribution >= 0.6 is 0 Å². The number of likely N-dealkylation sites (N-methyl/N-ethyl adjacent to an activating group) is 1. The van der Waals surface area contributed by atoms with Crippen LogP contribution in [0.15, 0.2) is 0 Å². The predicted octanol–water partition coefficient (Wildman–Crippen LogP) is -0.0552. The topological polar surface area (TPSA) is 41.6 Å². The summed E-state index contributed by atoms with van der Waals surface area (Å²) in [5.41, 5.74) is -0.0793. The van der Waals surface area contributed by atoms with Gasteiger partial charge in [0, 0.05) is 19.4 Å². The van der Waals surface area contributed by atoms with Gasteiger partial charge in [0.25, 0.3) is 0 Å². The molecule has 0 aromatic carbocycles. The molecule has 0 atom stereocenters. The van der Waals surface area contributed by atoms with Crippen LogP contribution in [0.25, 0.3) is 0 Å². The molecule has 0 unspecified atom stereocenters. The zero-order valence-electron chi connectivity index (χ0n) is 8.01. The highest BCUT2D eigenvalue weighted by atomic mass is 16.5. The molecule has 2 aliphatic heterocycles. The largest absolute Gasteiger partial charge is 0.381 e. The van der Waals surface area contributed by atoms with Crippen molar-refractivity contribution in [1.82, 2.24) is 10.2 Å². The van der Waals surface area contributed by atoms with Crippen LogP contribution in [0.4, 0.5) is 0 Å². The zero-order chi connectivity index (χ0) is 9.31. The van der Waals surface area contributed by atoms with Gasteiger partial charge in [-0.1, -0.05) is 0 Å². The molecule has 0 saturated carbocycles. The predicted molar refractivity (Wildman–Crippen MR) is 48.2 cm³/mol. The molecule has 2 fully saturated rings. The highest BCUT2D eigenvalue weighted by molar-refractivity contribution is 5.81. The van der Waals surface area contributed by atoms with Gasteiger partial charge in [0.05, 0.1) is 25.4 Å². The Bertz CT molecular complexity index is 212. The average Bonchev–Trinajstić information content (AvgIpc) is 2.45. The van der Waals surface area contributed by atoms with E-state index in [1.54, 1.807) is 0 Å². The molecule has 2 rings (SSSR count). The fraction of sp³-hybridized carbons (Fsp3) is 0.889. The number of hydrogen-bond donors (Lipinski definition) is 1. The molecule has 4 heteroatoms. The fourth-order valence-corrected chi connectivity index (χ4v) is 2.30. The van der Waals surface area contributed by atoms with E-state index in [0.717, 1.165) is 32.6 Å². The summed E-state index contributed by atoms with van der Waals surface area (Å²) >= 11 is 0. The molecule has 0 aromatic heterocycles. The van der Waals surface area contributed by atoms with Gasteiger partial charge in [0.1, 0.15) is 0 Å². The lowest BCUT2D eigenvalue weighted by Gasteiger charge is -2.40. The molecule has 1 amide bonds. The van der Waals surface area contributed by atoms with Crippen LogP contribution in [0.3, 0.4) is 0 Å². The summed E-state index contributed by atoms with van der Waals surface area (Å²) < 4.78 is 5.31. The molecule has 2 heterocycles. The molecular weight excluding hydrogens is 168 g/mol. The molecule has 0 aromatic rings. The first-order valence-corrected chi connectivity index (χ1v) is 4.92. The Kier molecular flexibility index (Phi) is 2.26. The van der Waals surface area contributed by atoms with Gasteiger partial charge in [0.15, 0.2) is 0 Å². The highest BCUT2D eigenvalue weighted by Crippen LogP contribution is 2.28. The highest BCUT2D eigenvalue weighted by Gasteiger charge is 2.44. The van der Waals surface area contributed by atoms with Gasteiger partial charge in [-0.25, -0.2) is 0 Å². The van der Waals surface area contributed by atoms with Crippen LogP contribution in [-0.2, 0) is 9.53 Å². The SMILES string of the molecule is CCN1C(=O)CNC12CCOCC2. The number of carbonyl (C=O) groups excluding carboxylic acids is 1. The third kappa shape index (κ3) is 1.34. The number of carbonyl (C=O) groups is 1. The van der Waals surface area contributed by atoms with Gasteiger partial charge in [-0.3, -0.25) is 10.1 Å². The van der Waals surface area contributed by atoms with Gasteiger partial charge >= 0.3 is 0 Å². The van der Waals surface area contributed by atoms with E-state index in [2.05, 4.69) is 5.32 Å². The van der Waals surface area contributed by atoms with Crippen LogP contribution in [0.1, 0.15) is 19.8 Å². The van der Waals surface area contributed by atoms with Crippen molar-refractivity contribution in [2.75, 3.05) is 26.3 Å². The Morgan fingerprint density at radius 2 is 2.23 bits per heavy atom. The van der Waals surface area contributed by atoms with Crippen LogP contribution < -0.4 is 5.32 Å². The molecule has 0 radical (unpaired) electrons. The lowest BCUT2D eigenvalue weighted by molar-refractivity contribution is -0.132. The minimum absolute atomic E-state index is 0.0793. The molecule has 74 valence electrons. The van der Waals surface area contributed by atoms with Crippen LogP contribution in [0.5, 0.6) is 0 Å². The van der Waals surface area contributed by atoms with Crippen LogP contribution in [-0.4, -0.2) is 42.8 Å². The average molecular weight is 184 g/mol. The molecule has 13 heavy (non-hydrogen) atoms. The maximum absolute atomic E-state index is 11.5. The van der Waals surface area contributed by atoms with E-state index in [0.29, 0.717) is 6.54 Å². The molecule has 2 aliphatic rings. The van der Waals surface area contributed by atoms with E-state index in [4.69, 9.17) is 4.74 Å². The summed E-state index contributed by atoms with van der Waals surface area (Å²) in [5.74, 6) is 0.226. The molecular formula is C9H16N2O2. The number of amides is 1. The maximum atomic E-state index is 11.5. The first kappa shape index (κ1) is 8.97. The number of nitrogens with one attached hydrogen (secondary N) is 1. The zero-order valence-corrected chi connectivity index (χ0v) is 8.01. The minimum Gasteiger partial charge on any atom is -0.381 e. The Morgan fingerprint density at radius 1 is 1.54 bits per heavy atom. The van der Waals surface area contributed by atoms with Crippen LogP contribution in [0, 0.1) is 0 Å². The third-order valence-electron chi connectivity index (χ3n) is 3.02. The van der Waals surface area contributed by atoms with Crippen molar-refractivity contribution < 1.29 is 9.53 Å². The Hall–Kier alpha value is -0.610. The fourth-order valence-electron chi connectivity index (χ4n) is 2.30. The molecule has 0 bridgehead atoms. The lowest BCUT2D eigenvalue weighted by Crippen LogP contribution is -2.55. The van der Waals surface area contributed by atoms with E-state index in [9.17, 15) is 4.79 Å². The molecule has 4 nitrogen and oxygen atoms in total. The van der Waals surface area contributed by atoms with Gasteiger partial charge in [-0.15, -0.1) is 0 Å². The van der Waals surface area contributed by atoms with Gasteiger partial charge < -0.3 is 9.64 Å². The number of nitrogens with zero attached hydrogens (tertiary/aromatic N) is 1. The van der Waals surface area contributed by atoms with E-state index < -0.39 is 0 Å². The van der Waals surface area contributed by atoms with Crippen molar-refractivity contribution in [2.45, 2.75) is 25.4 Å².